The van der Waals surface area contributed by atoms with Crippen molar-refractivity contribution in [2.45, 2.75) is 134 Å². The van der Waals surface area contributed by atoms with Crippen molar-refractivity contribution in [2.75, 3.05) is 13.2 Å². The summed E-state index contributed by atoms with van der Waals surface area (Å²) < 4.78 is 12.7. The van der Waals surface area contributed by atoms with Gasteiger partial charge in [0.15, 0.2) is 5.78 Å². The van der Waals surface area contributed by atoms with Crippen LogP contribution in [0.1, 0.15) is 97.1 Å². The number of Topliss-reactive ketones (excluding diaryl/α,β-unsaturated/α-hetero) is 1. The Bertz CT molecular complexity index is 2130. The van der Waals surface area contributed by atoms with E-state index in [2.05, 4.69) is 61.0 Å². The lowest BCUT2D eigenvalue weighted by molar-refractivity contribution is -0.146. The first kappa shape index (κ1) is 47.9. The molecule has 340 valence electrons. The van der Waals surface area contributed by atoms with Gasteiger partial charge >= 0.3 is 0 Å². The molecule has 3 N–H and O–H groups in total. The minimum atomic E-state index is -2.93. The SMILES string of the molecule is CCOc1ccc(C[C@@H]2NC(=O)[C@H](CCCCCC(=O)[C@H](C)O[Si](c3ccccc3)(c3ccccc3)C(C)(C)C)NC(=O)[C@H]3CCCCN3C(=O)[C@H](Cc3ccccc3)NC2=O)cc1. The summed E-state index contributed by atoms with van der Waals surface area (Å²) >= 11 is 0. The van der Waals surface area contributed by atoms with Gasteiger partial charge in [-0.15, -0.1) is 0 Å². The maximum absolute atomic E-state index is 14.4. The maximum atomic E-state index is 14.4. The van der Waals surface area contributed by atoms with Crippen LogP contribution in [0, 0.1) is 0 Å². The van der Waals surface area contributed by atoms with Gasteiger partial charge in [0.25, 0.3) is 8.32 Å². The van der Waals surface area contributed by atoms with Gasteiger partial charge in [-0.05, 0) is 84.6 Å². The van der Waals surface area contributed by atoms with Crippen LogP contribution in [0.4, 0.5) is 0 Å². The topological polar surface area (TPSA) is 143 Å². The Labute approximate surface area is 380 Å². The van der Waals surface area contributed by atoms with Gasteiger partial charge in [0.2, 0.25) is 23.6 Å². The summed E-state index contributed by atoms with van der Waals surface area (Å²) in [6, 6.07) is 33.6. The number of nitrogens with zero attached hydrogens (tertiary/aromatic N) is 1. The molecular formula is C52H66N4O7Si. The van der Waals surface area contributed by atoms with Gasteiger partial charge in [-0.1, -0.05) is 137 Å². The molecule has 4 aromatic rings. The van der Waals surface area contributed by atoms with E-state index in [0.717, 1.165) is 34.3 Å². The molecule has 64 heavy (non-hydrogen) atoms. The molecule has 0 radical (unpaired) electrons. The fourth-order valence-corrected chi connectivity index (χ4v) is 13.9. The summed E-state index contributed by atoms with van der Waals surface area (Å²) in [7, 11) is -2.93. The Morgan fingerprint density at radius 3 is 1.84 bits per heavy atom. The highest BCUT2D eigenvalue weighted by Gasteiger charge is 2.51. The minimum absolute atomic E-state index is 0.0146. The van der Waals surface area contributed by atoms with Crippen molar-refractivity contribution in [2.24, 2.45) is 0 Å². The number of ether oxygens (including phenoxy) is 1. The molecule has 0 aromatic heterocycles. The van der Waals surface area contributed by atoms with Gasteiger partial charge < -0.3 is 30.0 Å². The smallest absolute Gasteiger partial charge is 0.262 e. The fraction of sp³-hybridized carbons (Fsp3) is 0.442. The highest BCUT2D eigenvalue weighted by Crippen LogP contribution is 2.38. The molecule has 12 heteroatoms. The van der Waals surface area contributed by atoms with Crippen LogP contribution < -0.4 is 31.1 Å². The molecule has 2 fully saturated rings. The first-order chi connectivity index (χ1) is 30.8. The second-order valence-electron chi connectivity index (χ2n) is 18.2. The number of hydrogen-bond donors (Lipinski definition) is 3. The van der Waals surface area contributed by atoms with Crippen LogP contribution >= 0.6 is 0 Å². The molecule has 5 atom stereocenters. The van der Waals surface area contributed by atoms with E-state index in [4.69, 9.17) is 9.16 Å². The molecule has 4 aromatic carbocycles. The molecule has 0 unspecified atom stereocenters. The lowest BCUT2D eigenvalue weighted by Gasteiger charge is -2.44. The molecule has 0 spiro atoms. The predicted molar refractivity (Wildman–Crippen MR) is 253 cm³/mol. The quantitative estimate of drug-likeness (QED) is 0.0847. The van der Waals surface area contributed by atoms with Crippen LogP contribution in [-0.4, -0.2) is 86.1 Å². The molecule has 2 heterocycles. The normalized spacial score (nSPS) is 20.4. The highest BCUT2D eigenvalue weighted by molar-refractivity contribution is 6.99. The molecule has 2 aliphatic rings. The third kappa shape index (κ3) is 11.9. The number of unbranched alkanes of at least 4 members (excludes halogenated alkanes) is 2. The Hall–Kier alpha value is -5.59. The Balaban J connectivity index is 1.17. The van der Waals surface area contributed by atoms with Crippen LogP contribution in [0.15, 0.2) is 115 Å². The second-order valence-corrected chi connectivity index (χ2v) is 22.4. The number of nitrogens with one attached hydrogen (secondary N) is 3. The number of fused-ring (bicyclic) bond motifs is 1. The summed E-state index contributed by atoms with van der Waals surface area (Å²) in [5.74, 6) is -0.959. The standard InChI is InChI=1S/C52H66N4O7Si/c1-6-62-40-32-30-39(31-33-40)35-44-49(59)55-45(36-38-21-11-7-12-22-38)51(61)56-34-20-19-28-46(56)50(60)53-43(48(58)54-44)27-17-10-18-29-47(57)37(2)63-64(52(3,4)5,41-23-13-8-14-24-41)42-25-15-9-16-26-42/h7-9,11-16,21-26,30-33,37,43-46H,6,10,17-20,27-29,34-36H2,1-5H3,(H,53,60)(H,54,58)(H,55,59)/t37-,43-,44-,45-,46+/m0/s1. The van der Waals surface area contributed by atoms with Crippen molar-refractivity contribution >= 4 is 48.1 Å². The van der Waals surface area contributed by atoms with Gasteiger partial charge in [-0.25, -0.2) is 0 Å². The van der Waals surface area contributed by atoms with Crippen LogP contribution in [0.25, 0.3) is 0 Å². The zero-order valence-corrected chi connectivity index (χ0v) is 39.1. The number of ketones is 1. The van der Waals surface area contributed by atoms with Gasteiger partial charge in [0.05, 0.1) is 6.61 Å². The summed E-state index contributed by atoms with van der Waals surface area (Å²) in [6.45, 7) is 11.2. The largest absolute Gasteiger partial charge is 0.494 e. The van der Waals surface area contributed by atoms with E-state index in [0.29, 0.717) is 51.0 Å². The van der Waals surface area contributed by atoms with Crippen LogP contribution in [0.3, 0.4) is 0 Å². The summed E-state index contributed by atoms with van der Waals surface area (Å²) in [4.78, 5) is 72.6. The monoisotopic (exact) mass is 886 g/mol. The molecule has 6 rings (SSSR count). The minimum Gasteiger partial charge on any atom is -0.494 e. The van der Waals surface area contributed by atoms with Crippen LogP contribution in [0.5, 0.6) is 5.75 Å². The molecule has 0 saturated carbocycles. The molecule has 11 nitrogen and oxygen atoms in total. The van der Waals surface area contributed by atoms with Crippen molar-refractivity contribution in [1.82, 2.24) is 20.9 Å². The molecular weight excluding hydrogens is 821 g/mol. The van der Waals surface area contributed by atoms with E-state index in [-0.39, 0.29) is 41.9 Å². The van der Waals surface area contributed by atoms with Crippen molar-refractivity contribution in [1.29, 1.82) is 0 Å². The maximum Gasteiger partial charge on any atom is 0.262 e. The van der Waals surface area contributed by atoms with Crippen LogP contribution in [-0.2, 0) is 41.2 Å². The first-order valence-corrected chi connectivity index (χ1v) is 25.0. The number of hydrogen-bond acceptors (Lipinski definition) is 7. The lowest BCUT2D eigenvalue weighted by Crippen LogP contribution is -2.68. The van der Waals surface area contributed by atoms with Crippen molar-refractivity contribution in [3.05, 3.63) is 126 Å². The average Bonchev–Trinajstić information content (AvgIpc) is 3.30. The summed E-state index contributed by atoms with van der Waals surface area (Å²) in [5.41, 5.74) is 1.65. The zero-order chi connectivity index (χ0) is 45.7. The molecule has 2 aliphatic heterocycles. The van der Waals surface area contributed by atoms with Gasteiger partial charge in [-0.2, -0.15) is 0 Å². The van der Waals surface area contributed by atoms with E-state index in [1.807, 2.05) is 105 Å². The van der Waals surface area contributed by atoms with Gasteiger partial charge in [0, 0.05) is 25.8 Å². The summed E-state index contributed by atoms with van der Waals surface area (Å²) in [6.07, 6.45) is 4.01. The van der Waals surface area contributed by atoms with Gasteiger partial charge in [0.1, 0.15) is 36.0 Å². The first-order valence-electron chi connectivity index (χ1n) is 23.1. The van der Waals surface area contributed by atoms with E-state index in [1.54, 1.807) is 4.90 Å². The fourth-order valence-electron chi connectivity index (χ4n) is 9.18. The molecule has 0 aliphatic carbocycles. The number of rotatable bonds is 17. The van der Waals surface area contributed by atoms with Gasteiger partial charge in [-0.3, -0.25) is 24.0 Å². The zero-order valence-electron chi connectivity index (χ0n) is 38.1. The molecule has 0 bridgehead atoms. The van der Waals surface area contributed by atoms with E-state index < -0.39 is 50.4 Å². The second kappa shape index (κ2) is 22.3. The van der Waals surface area contributed by atoms with E-state index in [9.17, 15) is 24.0 Å². The summed E-state index contributed by atoms with van der Waals surface area (Å²) in [5, 5.41) is 10.9. The predicted octanol–water partition coefficient (Wildman–Crippen LogP) is 6.20. The van der Waals surface area contributed by atoms with E-state index in [1.165, 1.54) is 0 Å². The van der Waals surface area contributed by atoms with Crippen LogP contribution in [0.2, 0.25) is 5.04 Å². The Kier molecular flexibility index (Phi) is 16.7. The Morgan fingerprint density at radius 2 is 1.23 bits per heavy atom. The van der Waals surface area contributed by atoms with Crippen molar-refractivity contribution in [3.63, 3.8) is 0 Å². The van der Waals surface area contributed by atoms with E-state index >= 15 is 0 Å². The average molecular weight is 887 g/mol. The molecule has 4 amide bonds. The van der Waals surface area contributed by atoms with Crippen molar-refractivity contribution in [3.8, 4) is 5.75 Å². The number of piperidine rings is 1. The Morgan fingerprint density at radius 1 is 0.688 bits per heavy atom. The third-order valence-corrected chi connectivity index (χ3v) is 17.7. The van der Waals surface area contributed by atoms with Crippen molar-refractivity contribution < 1.29 is 33.1 Å². The number of carbonyl (C=O) groups is 5. The number of amides is 4. The molecule has 2 saturated heterocycles. The number of carbonyl (C=O) groups excluding carboxylic acids is 5. The highest BCUT2D eigenvalue weighted by atomic mass is 28.4. The number of benzene rings is 4. The lowest BCUT2D eigenvalue weighted by atomic mass is 9.96. The third-order valence-electron chi connectivity index (χ3n) is 12.6.